The number of nitrogens with zero attached hydrogens (tertiary/aromatic N) is 2. The molecule has 0 bridgehead atoms. The minimum Gasteiger partial charge on any atom is -0.278 e. The SMILES string of the molecule is CC(=NNc1ccccc1C(F)(F)F)c1ccccn1. The summed E-state index contributed by atoms with van der Waals surface area (Å²) in [6, 6.07) is 10.5. The summed E-state index contributed by atoms with van der Waals surface area (Å²) >= 11 is 0. The Balaban J connectivity index is 2.24. The smallest absolute Gasteiger partial charge is 0.278 e. The number of anilines is 1. The number of para-hydroxylation sites is 1. The molecule has 1 heterocycles. The van der Waals surface area contributed by atoms with E-state index >= 15 is 0 Å². The molecule has 1 N–H and O–H groups in total. The zero-order chi connectivity index (χ0) is 14.6. The first kappa shape index (κ1) is 14.0. The van der Waals surface area contributed by atoms with Gasteiger partial charge in [-0.05, 0) is 31.2 Å². The summed E-state index contributed by atoms with van der Waals surface area (Å²) in [6.45, 7) is 1.67. The molecular weight excluding hydrogens is 267 g/mol. The molecule has 104 valence electrons. The summed E-state index contributed by atoms with van der Waals surface area (Å²) in [4.78, 5) is 4.07. The van der Waals surface area contributed by atoms with Gasteiger partial charge >= 0.3 is 6.18 Å². The van der Waals surface area contributed by atoms with Crippen LogP contribution in [0.1, 0.15) is 18.2 Å². The van der Waals surface area contributed by atoms with E-state index in [9.17, 15) is 13.2 Å². The molecule has 0 atom stereocenters. The average Bonchev–Trinajstić information content (AvgIpc) is 2.45. The second kappa shape index (κ2) is 5.73. The van der Waals surface area contributed by atoms with Gasteiger partial charge in [0, 0.05) is 6.20 Å². The minimum atomic E-state index is -4.42. The van der Waals surface area contributed by atoms with Crippen LogP contribution in [0.25, 0.3) is 0 Å². The number of benzene rings is 1. The number of alkyl halides is 3. The van der Waals surface area contributed by atoms with Gasteiger partial charge in [0.1, 0.15) is 0 Å². The lowest BCUT2D eigenvalue weighted by Gasteiger charge is -2.12. The van der Waals surface area contributed by atoms with Crippen molar-refractivity contribution in [3.8, 4) is 0 Å². The van der Waals surface area contributed by atoms with E-state index in [2.05, 4.69) is 15.5 Å². The highest BCUT2D eigenvalue weighted by Gasteiger charge is 2.33. The van der Waals surface area contributed by atoms with Crippen LogP contribution in [0.5, 0.6) is 0 Å². The molecule has 0 aliphatic carbocycles. The van der Waals surface area contributed by atoms with Gasteiger partial charge in [-0.15, -0.1) is 0 Å². The van der Waals surface area contributed by atoms with Crippen LogP contribution < -0.4 is 5.43 Å². The molecular formula is C14H12F3N3. The third-order valence-electron chi connectivity index (χ3n) is 2.61. The number of hydrogen-bond donors (Lipinski definition) is 1. The zero-order valence-electron chi connectivity index (χ0n) is 10.6. The van der Waals surface area contributed by atoms with Gasteiger partial charge in [0.25, 0.3) is 0 Å². The Morgan fingerprint density at radius 3 is 2.45 bits per heavy atom. The fourth-order valence-corrected chi connectivity index (χ4v) is 1.61. The van der Waals surface area contributed by atoms with Gasteiger partial charge in [-0.2, -0.15) is 18.3 Å². The lowest BCUT2D eigenvalue weighted by molar-refractivity contribution is -0.136. The number of aromatic nitrogens is 1. The van der Waals surface area contributed by atoms with Gasteiger partial charge in [0.2, 0.25) is 0 Å². The molecule has 0 spiro atoms. The molecule has 1 aromatic heterocycles. The summed E-state index contributed by atoms with van der Waals surface area (Å²) in [5, 5.41) is 3.94. The number of pyridine rings is 1. The molecule has 3 nitrogen and oxygen atoms in total. The maximum atomic E-state index is 12.8. The van der Waals surface area contributed by atoms with Crippen LogP contribution in [0.3, 0.4) is 0 Å². The minimum absolute atomic E-state index is 0.0877. The van der Waals surface area contributed by atoms with Crippen molar-refractivity contribution in [1.29, 1.82) is 0 Å². The number of rotatable bonds is 3. The third kappa shape index (κ3) is 3.34. The van der Waals surface area contributed by atoms with Crippen molar-refractivity contribution in [3.05, 3.63) is 59.9 Å². The first-order valence-corrected chi connectivity index (χ1v) is 5.86. The van der Waals surface area contributed by atoms with E-state index in [1.54, 1.807) is 31.3 Å². The van der Waals surface area contributed by atoms with Crippen LogP contribution in [0, 0.1) is 0 Å². The Bertz CT molecular complexity index is 607. The highest BCUT2D eigenvalue weighted by Crippen LogP contribution is 2.34. The van der Waals surface area contributed by atoms with Crippen LogP contribution in [0.2, 0.25) is 0 Å². The highest BCUT2D eigenvalue weighted by atomic mass is 19.4. The molecule has 0 saturated carbocycles. The highest BCUT2D eigenvalue weighted by molar-refractivity contribution is 5.97. The van der Waals surface area contributed by atoms with Gasteiger partial charge in [-0.3, -0.25) is 10.4 Å². The summed E-state index contributed by atoms with van der Waals surface area (Å²) in [7, 11) is 0. The molecule has 0 amide bonds. The van der Waals surface area contributed by atoms with Crippen LogP contribution >= 0.6 is 0 Å². The molecule has 20 heavy (non-hydrogen) atoms. The van der Waals surface area contributed by atoms with Crippen LogP contribution in [-0.4, -0.2) is 10.7 Å². The zero-order valence-corrected chi connectivity index (χ0v) is 10.6. The van der Waals surface area contributed by atoms with Crippen molar-refractivity contribution in [3.63, 3.8) is 0 Å². The van der Waals surface area contributed by atoms with Crippen molar-refractivity contribution < 1.29 is 13.2 Å². The van der Waals surface area contributed by atoms with E-state index in [1.807, 2.05) is 0 Å². The van der Waals surface area contributed by atoms with E-state index in [-0.39, 0.29) is 5.69 Å². The molecule has 6 heteroatoms. The summed E-state index contributed by atoms with van der Waals surface area (Å²) in [5.74, 6) is 0. The predicted molar refractivity (Wildman–Crippen MR) is 71.5 cm³/mol. The maximum Gasteiger partial charge on any atom is 0.418 e. The third-order valence-corrected chi connectivity index (χ3v) is 2.61. The van der Waals surface area contributed by atoms with Gasteiger partial charge in [0.05, 0.1) is 22.7 Å². The lowest BCUT2D eigenvalue weighted by Crippen LogP contribution is -2.09. The quantitative estimate of drug-likeness (QED) is 0.682. The summed E-state index contributed by atoms with van der Waals surface area (Å²) in [6.07, 6.45) is -2.82. The average molecular weight is 279 g/mol. The number of hydrogen-bond acceptors (Lipinski definition) is 3. The fraction of sp³-hybridized carbons (Fsp3) is 0.143. The predicted octanol–water partition coefficient (Wildman–Crippen LogP) is 3.94. The topological polar surface area (TPSA) is 37.3 Å². The van der Waals surface area contributed by atoms with E-state index in [4.69, 9.17) is 0 Å². The monoisotopic (exact) mass is 279 g/mol. The molecule has 0 aliphatic heterocycles. The summed E-state index contributed by atoms with van der Waals surface area (Å²) < 4.78 is 38.4. The van der Waals surface area contributed by atoms with E-state index in [1.165, 1.54) is 18.2 Å². The molecule has 0 saturated heterocycles. The normalized spacial score (nSPS) is 12.3. The molecule has 0 aliphatic rings. The van der Waals surface area contributed by atoms with Gasteiger partial charge < -0.3 is 0 Å². The van der Waals surface area contributed by atoms with Crippen molar-refractivity contribution >= 4 is 11.4 Å². The Morgan fingerprint density at radius 1 is 1.10 bits per heavy atom. The van der Waals surface area contributed by atoms with E-state index in [0.717, 1.165) is 6.07 Å². The first-order chi connectivity index (χ1) is 9.48. The van der Waals surface area contributed by atoms with Crippen LogP contribution in [0.15, 0.2) is 53.8 Å². The van der Waals surface area contributed by atoms with Crippen LogP contribution in [0.4, 0.5) is 18.9 Å². The van der Waals surface area contributed by atoms with Crippen molar-refractivity contribution in [1.82, 2.24) is 4.98 Å². The van der Waals surface area contributed by atoms with Gasteiger partial charge in [-0.1, -0.05) is 18.2 Å². The second-order valence-corrected chi connectivity index (χ2v) is 4.07. The van der Waals surface area contributed by atoms with Crippen molar-refractivity contribution in [2.75, 3.05) is 5.43 Å². The molecule has 0 fully saturated rings. The fourth-order valence-electron chi connectivity index (χ4n) is 1.61. The van der Waals surface area contributed by atoms with E-state index < -0.39 is 11.7 Å². The Kier molecular flexibility index (Phi) is 4.02. The summed E-state index contributed by atoms with van der Waals surface area (Å²) in [5.41, 5.74) is 2.71. The van der Waals surface area contributed by atoms with E-state index in [0.29, 0.717) is 11.4 Å². The first-order valence-electron chi connectivity index (χ1n) is 5.86. The van der Waals surface area contributed by atoms with Crippen molar-refractivity contribution in [2.45, 2.75) is 13.1 Å². The van der Waals surface area contributed by atoms with Crippen LogP contribution in [-0.2, 0) is 6.18 Å². The largest absolute Gasteiger partial charge is 0.418 e. The number of hydrazone groups is 1. The lowest BCUT2D eigenvalue weighted by atomic mass is 10.2. The molecule has 0 unspecified atom stereocenters. The molecule has 2 rings (SSSR count). The Morgan fingerprint density at radius 2 is 1.80 bits per heavy atom. The maximum absolute atomic E-state index is 12.8. The van der Waals surface area contributed by atoms with Crippen molar-refractivity contribution in [2.24, 2.45) is 5.10 Å². The second-order valence-electron chi connectivity index (χ2n) is 4.07. The Hall–Kier alpha value is -2.37. The van der Waals surface area contributed by atoms with Gasteiger partial charge in [-0.25, -0.2) is 0 Å². The Labute approximate surface area is 114 Å². The molecule has 2 aromatic rings. The standard InChI is InChI=1S/C14H12F3N3/c1-10(12-7-4-5-9-18-12)19-20-13-8-3-2-6-11(13)14(15,16)17/h2-9,20H,1H3. The molecule has 1 aromatic carbocycles. The van der Waals surface area contributed by atoms with Gasteiger partial charge in [0.15, 0.2) is 0 Å². The number of nitrogens with one attached hydrogen (secondary N) is 1. The number of halogens is 3. The molecule has 0 radical (unpaired) electrons.